The van der Waals surface area contributed by atoms with Crippen LogP contribution in [0.25, 0.3) is 0 Å². The van der Waals surface area contributed by atoms with Crippen LogP contribution in [-0.2, 0) is 10.2 Å². The summed E-state index contributed by atoms with van der Waals surface area (Å²) in [5.74, 6) is -0.244. The third-order valence-corrected chi connectivity index (χ3v) is 5.50. The number of amides is 2. The first-order valence-corrected chi connectivity index (χ1v) is 10.2. The molecule has 0 bridgehead atoms. The van der Waals surface area contributed by atoms with Gasteiger partial charge in [-0.25, -0.2) is 0 Å². The van der Waals surface area contributed by atoms with Crippen molar-refractivity contribution < 1.29 is 9.59 Å². The van der Waals surface area contributed by atoms with Gasteiger partial charge < -0.3 is 15.1 Å². The Balaban J connectivity index is 1.49. The third-order valence-electron chi connectivity index (χ3n) is 5.50. The van der Waals surface area contributed by atoms with Crippen LogP contribution in [-0.4, -0.2) is 49.4 Å². The summed E-state index contributed by atoms with van der Waals surface area (Å²) in [6, 6.07) is 15.9. The fourth-order valence-corrected chi connectivity index (χ4v) is 3.61. The number of carbonyl (C=O) groups is 2. The highest BCUT2D eigenvalue weighted by Crippen LogP contribution is 2.22. The molecule has 0 radical (unpaired) electrons. The minimum absolute atomic E-state index is 0.0320. The van der Waals surface area contributed by atoms with Crippen LogP contribution in [0.1, 0.15) is 42.3 Å². The summed E-state index contributed by atoms with van der Waals surface area (Å²) in [6.45, 7) is 11.5. The molecule has 1 aliphatic rings. The Labute approximate surface area is 173 Å². The van der Waals surface area contributed by atoms with E-state index < -0.39 is 0 Å². The molecule has 5 heteroatoms. The van der Waals surface area contributed by atoms with Crippen LogP contribution in [0.2, 0.25) is 0 Å². The van der Waals surface area contributed by atoms with Gasteiger partial charge in [-0.1, -0.05) is 51.1 Å². The predicted molar refractivity (Wildman–Crippen MR) is 117 cm³/mol. The Bertz CT molecular complexity index is 860. The Hall–Kier alpha value is -2.82. The van der Waals surface area contributed by atoms with E-state index in [0.29, 0.717) is 18.7 Å². The molecule has 5 nitrogen and oxygen atoms in total. The molecule has 0 spiro atoms. The number of aryl methyl sites for hydroxylation is 1. The molecule has 2 aromatic rings. The summed E-state index contributed by atoms with van der Waals surface area (Å²) >= 11 is 0. The molecule has 154 valence electrons. The van der Waals surface area contributed by atoms with Crippen LogP contribution >= 0.6 is 0 Å². The maximum absolute atomic E-state index is 12.5. The Kier molecular flexibility index (Phi) is 6.26. The van der Waals surface area contributed by atoms with E-state index in [-0.39, 0.29) is 23.8 Å². The van der Waals surface area contributed by atoms with Crippen molar-refractivity contribution in [1.29, 1.82) is 0 Å². The molecule has 1 saturated heterocycles. The maximum Gasteiger partial charge on any atom is 0.251 e. The summed E-state index contributed by atoms with van der Waals surface area (Å²) in [6.07, 6.45) is 0. The third kappa shape index (κ3) is 5.17. The molecule has 29 heavy (non-hydrogen) atoms. The van der Waals surface area contributed by atoms with Crippen molar-refractivity contribution in [3.8, 4) is 0 Å². The molecule has 1 N–H and O–H groups in total. The van der Waals surface area contributed by atoms with Crippen LogP contribution < -0.4 is 10.2 Å². The van der Waals surface area contributed by atoms with E-state index in [4.69, 9.17) is 0 Å². The van der Waals surface area contributed by atoms with Crippen molar-refractivity contribution >= 4 is 17.5 Å². The predicted octanol–water partition coefficient (Wildman–Crippen LogP) is 3.37. The molecule has 2 aromatic carbocycles. The van der Waals surface area contributed by atoms with Crippen LogP contribution in [0.4, 0.5) is 5.69 Å². The molecule has 0 atom stereocenters. The highest BCUT2D eigenvalue weighted by atomic mass is 16.2. The van der Waals surface area contributed by atoms with Gasteiger partial charge in [-0.05, 0) is 41.7 Å². The number of benzene rings is 2. The average molecular weight is 394 g/mol. The molecular formula is C24H31N3O2. The fourth-order valence-electron chi connectivity index (χ4n) is 3.61. The van der Waals surface area contributed by atoms with Crippen molar-refractivity contribution in [1.82, 2.24) is 10.2 Å². The molecule has 1 aliphatic heterocycles. The van der Waals surface area contributed by atoms with E-state index in [1.807, 2.05) is 41.3 Å². The normalized spacial score (nSPS) is 14.6. The number of hydrogen-bond acceptors (Lipinski definition) is 3. The van der Waals surface area contributed by atoms with Crippen LogP contribution in [0, 0.1) is 6.92 Å². The van der Waals surface area contributed by atoms with E-state index in [1.54, 1.807) is 0 Å². The fraction of sp³-hybridized carbons (Fsp3) is 0.417. The summed E-state index contributed by atoms with van der Waals surface area (Å²) in [5.41, 5.74) is 4.28. The standard InChI is InChI=1S/C24H31N3O2/c1-18-7-5-6-8-21(18)26-13-15-27(16-14-26)22(28)17-25-23(29)19-9-11-20(12-10-19)24(2,3)4/h5-12H,13-17H2,1-4H3,(H,25,29). The number of carbonyl (C=O) groups excluding carboxylic acids is 2. The molecule has 2 amide bonds. The SMILES string of the molecule is Cc1ccccc1N1CCN(C(=O)CNC(=O)c2ccc(C(C)(C)C)cc2)CC1. The van der Waals surface area contributed by atoms with Gasteiger partial charge in [0.1, 0.15) is 0 Å². The lowest BCUT2D eigenvalue weighted by atomic mass is 9.87. The molecule has 0 aromatic heterocycles. The second kappa shape index (κ2) is 8.68. The van der Waals surface area contributed by atoms with Crippen LogP contribution in [0.3, 0.4) is 0 Å². The number of piperazine rings is 1. The number of nitrogens with one attached hydrogen (secondary N) is 1. The number of rotatable bonds is 4. The minimum atomic E-state index is -0.211. The van der Waals surface area contributed by atoms with Crippen molar-refractivity contribution in [2.24, 2.45) is 0 Å². The average Bonchev–Trinajstić information content (AvgIpc) is 2.72. The minimum Gasteiger partial charge on any atom is -0.368 e. The Morgan fingerprint density at radius 2 is 1.55 bits per heavy atom. The first kappa shape index (κ1) is 20.9. The summed E-state index contributed by atoms with van der Waals surface area (Å²) < 4.78 is 0. The first-order valence-electron chi connectivity index (χ1n) is 10.2. The second-order valence-electron chi connectivity index (χ2n) is 8.66. The van der Waals surface area contributed by atoms with E-state index >= 15 is 0 Å². The van der Waals surface area contributed by atoms with E-state index in [1.165, 1.54) is 16.8 Å². The second-order valence-corrected chi connectivity index (χ2v) is 8.66. The summed E-state index contributed by atoms with van der Waals surface area (Å²) in [4.78, 5) is 29.0. The molecule has 3 rings (SSSR count). The van der Waals surface area contributed by atoms with Crippen LogP contribution in [0.5, 0.6) is 0 Å². The highest BCUT2D eigenvalue weighted by Gasteiger charge is 2.22. The van der Waals surface area contributed by atoms with E-state index in [2.05, 4.69) is 50.0 Å². The highest BCUT2D eigenvalue weighted by molar-refractivity contribution is 5.96. The lowest BCUT2D eigenvalue weighted by Gasteiger charge is -2.36. The molecule has 1 fully saturated rings. The zero-order chi connectivity index (χ0) is 21.0. The van der Waals surface area contributed by atoms with Crippen molar-refractivity contribution in [2.45, 2.75) is 33.1 Å². The van der Waals surface area contributed by atoms with Gasteiger partial charge in [0.25, 0.3) is 5.91 Å². The number of hydrogen-bond donors (Lipinski definition) is 1. The molecule has 0 unspecified atom stereocenters. The summed E-state index contributed by atoms with van der Waals surface area (Å²) in [7, 11) is 0. The lowest BCUT2D eigenvalue weighted by molar-refractivity contribution is -0.130. The number of anilines is 1. The van der Waals surface area contributed by atoms with Gasteiger partial charge in [0, 0.05) is 37.4 Å². The van der Waals surface area contributed by atoms with Gasteiger partial charge in [0.2, 0.25) is 5.91 Å². The quantitative estimate of drug-likeness (QED) is 0.867. The Morgan fingerprint density at radius 1 is 0.931 bits per heavy atom. The number of para-hydroxylation sites is 1. The van der Waals surface area contributed by atoms with Gasteiger partial charge in [0.15, 0.2) is 0 Å². The topological polar surface area (TPSA) is 52.6 Å². The van der Waals surface area contributed by atoms with Crippen molar-refractivity contribution in [3.05, 3.63) is 65.2 Å². The molecule has 1 heterocycles. The lowest BCUT2D eigenvalue weighted by Crippen LogP contribution is -2.51. The molecule has 0 aliphatic carbocycles. The summed E-state index contributed by atoms with van der Waals surface area (Å²) in [5, 5.41) is 2.76. The van der Waals surface area contributed by atoms with Gasteiger partial charge >= 0.3 is 0 Å². The van der Waals surface area contributed by atoms with Gasteiger partial charge in [-0.3, -0.25) is 9.59 Å². The zero-order valence-electron chi connectivity index (χ0n) is 17.9. The van der Waals surface area contributed by atoms with Crippen LogP contribution in [0.15, 0.2) is 48.5 Å². The Morgan fingerprint density at radius 3 is 2.14 bits per heavy atom. The molecule has 0 saturated carbocycles. The number of nitrogens with zero attached hydrogens (tertiary/aromatic N) is 2. The van der Waals surface area contributed by atoms with Gasteiger partial charge in [-0.2, -0.15) is 0 Å². The monoisotopic (exact) mass is 393 g/mol. The largest absolute Gasteiger partial charge is 0.368 e. The maximum atomic E-state index is 12.5. The van der Waals surface area contributed by atoms with Gasteiger partial charge in [-0.15, -0.1) is 0 Å². The van der Waals surface area contributed by atoms with E-state index in [0.717, 1.165) is 13.1 Å². The van der Waals surface area contributed by atoms with E-state index in [9.17, 15) is 9.59 Å². The first-order chi connectivity index (χ1) is 13.8. The smallest absolute Gasteiger partial charge is 0.251 e. The zero-order valence-corrected chi connectivity index (χ0v) is 17.9. The van der Waals surface area contributed by atoms with Gasteiger partial charge in [0.05, 0.1) is 6.54 Å². The van der Waals surface area contributed by atoms with Crippen molar-refractivity contribution in [2.75, 3.05) is 37.6 Å². The van der Waals surface area contributed by atoms with Crippen molar-refractivity contribution in [3.63, 3.8) is 0 Å². The molecular weight excluding hydrogens is 362 g/mol.